The fourth-order valence-electron chi connectivity index (χ4n) is 4.21. The standard InChI is InChI=1S/C28H30N2O2/c1-20(2)22-14-16-25(17-15-22)30-26(31)28(3,4)29(27(30)32)19-24-13-9-8-12-23(24)18-21-10-6-5-7-11-21/h5-17,20H,18-19H2,1-4H3. The second-order valence-corrected chi connectivity index (χ2v) is 9.25. The number of imide groups is 1. The Morgan fingerprint density at radius 2 is 1.38 bits per heavy atom. The van der Waals surface area contributed by atoms with Crippen LogP contribution < -0.4 is 4.90 Å². The molecule has 0 radical (unpaired) electrons. The maximum absolute atomic E-state index is 13.5. The van der Waals surface area contributed by atoms with E-state index in [0.29, 0.717) is 18.2 Å². The molecule has 0 bridgehead atoms. The third-order valence-corrected chi connectivity index (χ3v) is 6.33. The van der Waals surface area contributed by atoms with E-state index < -0.39 is 5.54 Å². The van der Waals surface area contributed by atoms with Crippen LogP contribution in [0.2, 0.25) is 0 Å². The van der Waals surface area contributed by atoms with Gasteiger partial charge in [0.2, 0.25) is 0 Å². The second-order valence-electron chi connectivity index (χ2n) is 9.25. The topological polar surface area (TPSA) is 40.6 Å². The Hall–Kier alpha value is -3.40. The van der Waals surface area contributed by atoms with E-state index >= 15 is 0 Å². The van der Waals surface area contributed by atoms with E-state index in [9.17, 15) is 9.59 Å². The molecule has 3 aromatic rings. The Kier molecular flexibility index (Phi) is 5.88. The van der Waals surface area contributed by atoms with Gasteiger partial charge in [-0.1, -0.05) is 80.6 Å². The van der Waals surface area contributed by atoms with E-state index in [0.717, 1.165) is 17.5 Å². The van der Waals surface area contributed by atoms with E-state index in [4.69, 9.17) is 0 Å². The molecule has 0 unspecified atom stereocenters. The average Bonchev–Trinajstić information content (AvgIpc) is 2.95. The van der Waals surface area contributed by atoms with E-state index in [-0.39, 0.29) is 11.9 Å². The van der Waals surface area contributed by atoms with Gasteiger partial charge in [0.1, 0.15) is 5.54 Å². The molecule has 0 atom stereocenters. The number of benzene rings is 3. The number of carbonyl (C=O) groups excluding carboxylic acids is 2. The lowest BCUT2D eigenvalue weighted by Crippen LogP contribution is -2.43. The van der Waals surface area contributed by atoms with Gasteiger partial charge in [-0.25, -0.2) is 9.69 Å². The highest BCUT2D eigenvalue weighted by Crippen LogP contribution is 2.34. The van der Waals surface area contributed by atoms with Crippen molar-refractivity contribution in [1.29, 1.82) is 0 Å². The Balaban J connectivity index is 1.62. The van der Waals surface area contributed by atoms with Crippen molar-refractivity contribution in [2.75, 3.05) is 4.90 Å². The summed E-state index contributed by atoms with van der Waals surface area (Å²) >= 11 is 0. The highest BCUT2D eigenvalue weighted by atomic mass is 16.2. The van der Waals surface area contributed by atoms with Crippen molar-refractivity contribution in [3.63, 3.8) is 0 Å². The van der Waals surface area contributed by atoms with Gasteiger partial charge in [-0.3, -0.25) is 4.79 Å². The van der Waals surface area contributed by atoms with Crippen molar-refractivity contribution in [3.8, 4) is 0 Å². The number of rotatable bonds is 6. The number of hydrogen-bond acceptors (Lipinski definition) is 2. The molecule has 4 rings (SSSR count). The molecule has 1 aliphatic heterocycles. The maximum Gasteiger partial charge on any atom is 0.332 e. The van der Waals surface area contributed by atoms with Crippen molar-refractivity contribution in [2.24, 2.45) is 0 Å². The van der Waals surface area contributed by atoms with Crippen LogP contribution in [0.3, 0.4) is 0 Å². The first-order valence-corrected chi connectivity index (χ1v) is 11.2. The van der Waals surface area contributed by atoms with Gasteiger partial charge in [-0.2, -0.15) is 0 Å². The molecule has 164 valence electrons. The van der Waals surface area contributed by atoms with E-state index in [1.54, 1.807) is 4.90 Å². The van der Waals surface area contributed by atoms with Crippen molar-refractivity contribution in [3.05, 3.63) is 101 Å². The van der Waals surface area contributed by atoms with Crippen molar-refractivity contribution < 1.29 is 9.59 Å². The number of amides is 3. The van der Waals surface area contributed by atoms with E-state index in [1.807, 2.05) is 74.5 Å². The molecule has 0 N–H and O–H groups in total. The van der Waals surface area contributed by atoms with Crippen LogP contribution in [-0.4, -0.2) is 22.4 Å². The Bertz CT molecular complexity index is 1120. The van der Waals surface area contributed by atoms with Gasteiger partial charge in [0.05, 0.1) is 5.69 Å². The first-order chi connectivity index (χ1) is 15.3. The van der Waals surface area contributed by atoms with Crippen LogP contribution in [0.15, 0.2) is 78.9 Å². The summed E-state index contributed by atoms with van der Waals surface area (Å²) in [4.78, 5) is 29.8. The highest BCUT2D eigenvalue weighted by Gasteiger charge is 2.51. The summed E-state index contributed by atoms with van der Waals surface area (Å²) in [5.74, 6) is 0.198. The fourth-order valence-corrected chi connectivity index (χ4v) is 4.21. The lowest BCUT2D eigenvalue weighted by Gasteiger charge is -2.28. The van der Waals surface area contributed by atoms with Gasteiger partial charge in [0.15, 0.2) is 0 Å². The molecule has 0 spiro atoms. The largest absolute Gasteiger partial charge is 0.332 e. The molecule has 3 amide bonds. The van der Waals surface area contributed by atoms with Crippen LogP contribution in [0, 0.1) is 0 Å². The molecule has 1 heterocycles. The van der Waals surface area contributed by atoms with Gasteiger partial charge in [-0.15, -0.1) is 0 Å². The smallest absolute Gasteiger partial charge is 0.305 e. The molecule has 4 nitrogen and oxygen atoms in total. The monoisotopic (exact) mass is 426 g/mol. The molecule has 1 fully saturated rings. The molecule has 1 aliphatic rings. The van der Waals surface area contributed by atoms with Crippen LogP contribution in [0.25, 0.3) is 0 Å². The number of anilines is 1. The molecule has 4 heteroatoms. The van der Waals surface area contributed by atoms with Gasteiger partial charge in [-0.05, 0) is 60.6 Å². The lowest BCUT2D eigenvalue weighted by molar-refractivity contribution is -0.123. The molecular formula is C28H30N2O2. The first kappa shape index (κ1) is 21.8. The van der Waals surface area contributed by atoms with Crippen LogP contribution in [0.5, 0.6) is 0 Å². The molecular weight excluding hydrogens is 396 g/mol. The summed E-state index contributed by atoms with van der Waals surface area (Å²) < 4.78 is 0. The van der Waals surface area contributed by atoms with Crippen LogP contribution >= 0.6 is 0 Å². The molecule has 1 saturated heterocycles. The lowest BCUT2D eigenvalue weighted by atomic mass is 9.97. The average molecular weight is 427 g/mol. The molecule has 0 aromatic heterocycles. The van der Waals surface area contributed by atoms with Crippen molar-refractivity contribution >= 4 is 17.6 Å². The normalized spacial score (nSPS) is 15.7. The third-order valence-electron chi connectivity index (χ3n) is 6.33. The number of urea groups is 1. The summed E-state index contributed by atoms with van der Waals surface area (Å²) in [5.41, 5.74) is 4.32. The minimum atomic E-state index is -0.923. The number of nitrogens with zero attached hydrogens (tertiary/aromatic N) is 2. The third kappa shape index (κ3) is 4.05. The minimum absolute atomic E-state index is 0.194. The minimum Gasteiger partial charge on any atom is -0.305 e. The van der Waals surface area contributed by atoms with E-state index in [1.165, 1.54) is 16.0 Å². The highest BCUT2D eigenvalue weighted by molar-refractivity contribution is 6.22. The summed E-state index contributed by atoms with van der Waals surface area (Å²) in [6.45, 7) is 8.30. The van der Waals surface area contributed by atoms with E-state index in [2.05, 4.69) is 32.0 Å². The zero-order valence-electron chi connectivity index (χ0n) is 19.2. The van der Waals surface area contributed by atoms with Crippen molar-refractivity contribution in [2.45, 2.75) is 52.1 Å². The molecule has 32 heavy (non-hydrogen) atoms. The maximum atomic E-state index is 13.5. The van der Waals surface area contributed by atoms with Crippen molar-refractivity contribution in [1.82, 2.24) is 4.90 Å². The number of carbonyl (C=O) groups is 2. The molecule has 0 saturated carbocycles. The number of hydrogen-bond donors (Lipinski definition) is 0. The zero-order valence-corrected chi connectivity index (χ0v) is 19.2. The second kappa shape index (κ2) is 8.62. The zero-order chi connectivity index (χ0) is 22.9. The first-order valence-electron chi connectivity index (χ1n) is 11.2. The summed E-state index contributed by atoms with van der Waals surface area (Å²) in [7, 11) is 0. The van der Waals surface area contributed by atoms with Crippen LogP contribution in [0.4, 0.5) is 10.5 Å². The van der Waals surface area contributed by atoms with Gasteiger partial charge in [0, 0.05) is 6.54 Å². The molecule has 0 aliphatic carbocycles. The Morgan fingerprint density at radius 3 is 2.00 bits per heavy atom. The SMILES string of the molecule is CC(C)c1ccc(N2C(=O)N(Cc3ccccc3Cc3ccccc3)C(C)(C)C2=O)cc1. The predicted molar refractivity (Wildman–Crippen MR) is 129 cm³/mol. The fraction of sp³-hybridized carbons (Fsp3) is 0.286. The summed E-state index contributed by atoms with van der Waals surface area (Å²) in [6.07, 6.45) is 0.786. The van der Waals surface area contributed by atoms with Crippen LogP contribution in [-0.2, 0) is 17.8 Å². The van der Waals surface area contributed by atoms with Crippen LogP contribution in [0.1, 0.15) is 55.9 Å². The van der Waals surface area contributed by atoms with Gasteiger partial charge < -0.3 is 4.90 Å². The predicted octanol–water partition coefficient (Wildman–Crippen LogP) is 6.15. The van der Waals surface area contributed by atoms with Gasteiger partial charge >= 0.3 is 6.03 Å². The Labute approximate surface area is 190 Å². The summed E-state index contributed by atoms with van der Waals surface area (Å²) in [5, 5.41) is 0. The molecule has 3 aromatic carbocycles. The Morgan fingerprint density at radius 1 is 0.781 bits per heavy atom. The van der Waals surface area contributed by atoms with Gasteiger partial charge in [0.25, 0.3) is 5.91 Å². The quantitative estimate of drug-likeness (QED) is 0.444. The summed E-state index contributed by atoms with van der Waals surface area (Å²) in [6, 6.07) is 25.9.